The van der Waals surface area contributed by atoms with Crippen LogP contribution in [-0.2, 0) is 18.9 Å². The molecule has 3 aromatic rings. The smallest absolute Gasteiger partial charge is 0.349 e. The quantitative estimate of drug-likeness (QED) is 0.167. The molecule has 0 spiro atoms. The molecule has 6 nitrogen and oxygen atoms in total. The second-order valence-corrected chi connectivity index (χ2v) is 12.4. The molecular weight excluding hydrogens is 614 g/mol. The number of aromatic nitrogens is 2. The van der Waals surface area contributed by atoms with Crippen molar-refractivity contribution in [3.05, 3.63) is 76.1 Å². The van der Waals surface area contributed by atoms with E-state index in [1.54, 1.807) is 36.9 Å². The Hall–Kier alpha value is -3.13. The number of amides is 2. The molecule has 1 atom stereocenters. The Labute approximate surface area is 253 Å². The van der Waals surface area contributed by atoms with E-state index in [1.165, 1.54) is 30.0 Å². The number of carbonyl (C=O) groups is 2. The van der Waals surface area contributed by atoms with Gasteiger partial charge in [0.25, 0.3) is 11.8 Å². The van der Waals surface area contributed by atoms with Crippen LogP contribution in [0.3, 0.4) is 0 Å². The molecule has 0 aliphatic heterocycles. The zero-order valence-electron chi connectivity index (χ0n) is 23.5. The van der Waals surface area contributed by atoms with Crippen molar-refractivity contribution in [1.29, 1.82) is 0 Å². The van der Waals surface area contributed by atoms with E-state index in [2.05, 4.69) is 15.7 Å². The summed E-state index contributed by atoms with van der Waals surface area (Å²) >= 11 is 3.08. The Bertz CT molecular complexity index is 1480. The SMILES string of the molecule is CSC[C@@H](C)NC(=O)c1cccc(SCC2CC2)c1C(=O)Nc1ccc(Cn2nc(C(F)(F)F)cc2C(F)(F)F)cc1C. The van der Waals surface area contributed by atoms with Gasteiger partial charge in [0.1, 0.15) is 5.69 Å². The maximum absolute atomic E-state index is 13.7. The van der Waals surface area contributed by atoms with Crippen molar-refractivity contribution >= 4 is 41.0 Å². The lowest BCUT2D eigenvalue weighted by molar-refractivity contribution is -0.144. The fourth-order valence-corrected chi connectivity index (χ4v) is 6.24. The van der Waals surface area contributed by atoms with Crippen molar-refractivity contribution in [3.8, 4) is 0 Å². The zero-order chi connectivity index (χ0) is 31.5. The van der Waals surface area contributed by atoms with E-state index in [1.807, 2.05) is 13.2 Å². The minimum Gasteiger partial charge on any atom is -0.349 e. The van der Waals surface area contributed by atoms with Gasteiger partial charge in [0.05, 0.1) is 17.7 Å². The second kappa shape index (κ2) is 13.2. The van der Waals surface area contributed by atoms with E-state index < -0.39 is 36.2 Å². The topological polar surface area (TPSA) is 76.0 Å². The van der Waals surface area contributed by atoms with Gasteiger partial charge >= 0.3 is 12.4 Å². The molecule has 4 rings (SSSR count). The number of hydrogen-bond donors (Lipinski definition) is 2. The monoisotopic (exact) mass is 644 g/mol. The Balaban J connectivity index is 1.59. The van der Waals surface area contributed by atoms with Gasteiger partial charge in [-0.2, -0.15) is 43.2 Å². The summed E-state index contributed by atoms with van der Waals surface area (Å²) in [7, 11) is 0. The maximum atomic E-state index is 13.7. The van der Waals surface area contributed by atoms with Gasteiger partial charge in [0.15, 0.2) is 5.69 Å². The molecule has 43 heavy (non-hydrogen) atoms. The summed E-state index contributed by atoms with van der Waals surface area (Å²) in [5.74, 6) is 1.15. The highest BCUT2D eigenvalue weighted by Gasteiger charge is 2.41. The van der Waals surface area contributed by atoms with Gasteiger partial charge in [-0.25, -0.2) is 0 Å². The first-order chi connectivity index (χ1) is 20.2. The molecule has 1 aromatic heterocycles. The van der Waals surface area contributed by atoms with Crippen LogP contribution in [-0.4, -0.2) is 45.4 Å². The first-order valence-electron chi connectivity index (χ1n) is 13.4. The Morgan fingerprint density at radius 1 is 1.05 bits per heavy atom. The van der Waals surface area contributed by atoms with Crippen LogP contribution >= 0.6 is 23.5 Å². The number of carbonyl (C=O) groups excluding carboxylic acids is 2. The minimum atomic E-state index is -5.04. The number of nitrogens with zero attached hydrogens (tertiary/aromatic N) is 2. The summed E-state index contributed by atoms with van der Waals surface area (Å²) in [5, 5.41) is 8.87. The van der Waals surface area contributed by atoms with Crippen molar-refractivity contribution in [1.82, 2.24) is 15.1 Å². The molecule has 14 heteroatoms. The van der Waals surface area contributed by atoms with Crippen LogP contribution in [0.1, 0.15) is 63.0 Å². The molecular formula is C29H30F6N4O2S2. The standard InChI is InChI=1S/C29H30F6N4O2S2/c1-16-11-19(13-39-24(29(33,34)35)12-23(38-39)28(30,31)32)9-10-21(16)37-27(41)25-20(26(40)36-17(2)14-42-3)5-4-6-22(25)43-15-18-7-8-18/h4-6,9-12,17-18H,7-8,13-15H2,1-3H3,(H,36,40)(H,37,41)/t17-/m1/s1. The summed E-state index contributed by atoms with van der Waals surface area (Å²) in [6.07, 6.45) is -5.92. The van der Waals surface area contributed by atoms with E-state index in [4.69, 9.17) is 0 Å². The van der Waals surface area contributed by atoms with Gasteiger partial charge in [-0.1, -0.05) is 18.2 Å². The number of benzene rings is 2. The normalized spacial score (nSPS) is 14.4. The van der Waals surface area contributed by atoms with Gasteiger partial charge in [-0.15, -0.1) is 11.8 Å². The molecule has 2 N–H and O–H groups in total. The number of aryl methyl sites for hydroxylation is 1. The van der Waals surface area contributed by atoms with Crippen LogP contribution in [0.25, 0.3) is 0 Å². The van der Waals surface area contributed by atoms with Gasteiger partial charge in [0.2, 0.25) is 0 Å². The van der Waals surface area contributed by atoms with Crippen molar-refractivity contribution in [2.24, 2.45) is 5.92 Å². The molecule has 0 radical (unpaired) electrons. The first-order valence-corrected chi connectivity index (χ1v) is 15.7. The third-order valence-corrected chi connectivity index (χ3v) is 8.82. The molecule has 1 heterocycles. The third-order valence-electron chi connectivity index (χ3n) is 6.70. The number of nitrogens with one attached hydrogen (secondary N) is 2. The zero-order valence-corrected chi connectivity index (χ0v) is 25.2. The van der Waals surface area contributed by atoms with Crippen LogP contribution in [0, 0.1) is 12.8 Å². The molecule has 2 aromatic carbocycles. The molecule has 0 unspecified atom stereocenters. The molecule has 1 saturated carbocycles. The first kappa shape index (κ1) is 32.8. The van der Waals surface area contributed by atoms with E-state index >= 15 is 0 Å². The van der Waals surface area contributed by atoms with Gasteiger partial charge in [0, 0.05) is 34.2 Å². The molecule has 1 aliphatic rings. The van der Waals surface area contributed by atoms with Crippen LogP contribution in [0.2, 0.25) is 0 Å². The lowest BCUT2D eigenvalue weighted by atomic mass is 10.0. The predicted octanol–water partition coefficient (Wildman–Crippen LogP) is 7.51. The van der Waals surface area contributed by atoms with E-state index in [0.29, 0.717) is 27.8 Å². The summed E-state index contributed by atoms with van der Waals surface area (Å²) < 4.78 is 79.8. The number of hydrogen-bond acceptors (Lipinski definition) is 5. The fraction of sp³-hybridized carbons (Fsp3) is 0.414. The number of thioether (sulfide) groups is 2. The highest BCUT2D eigenvalue weighted by atomic mass is 32.2. The summed E-state index contributed by atoms with van der Waals surface area (Å²) in [5.41, 5.74) is -1.67. The highest BCUT2D eigenvalue weighted by molar-refractivity contribution is 7.99. The summed E-state index contributed by atoms with van der Waals surface area (Å²) in [6, 6.07) is 9.30. The lowest BCUT2D eigenvalue weighted by Gasteiger charge is -2.18. The number of anilines is 1. The molecule has 232 valence electrons. The van der Waals surface area contributed by atoms with Gasteiger partial charge < -0.3 is 10.6 Å². The Morgan fingerprint density at radius 3 is 2.37 bits per heavy atom. The fourth-order valence-electron chi connectivity index (χ4n) is 4.39. The summed E-state index contributed by atoms with van der Waals surface area (Å²) in [6.45, 7) is 2.91. The molecule has 1 aliphatic carbocycles. The third kappa shape index (κ3) is 8.49. The molecule has 2 amide bonds. The van der Waals surface area contributed by atoms with Crippen LogP contribution in [0.5, 0.6) is 0 Å². The van der Waals surface area contributed by atoms with E-state index in [-0.39, 0.29) is 39.4 Å². The van der Waals surface area contributed by atoms with Gasteiger partial charge in [-0.3, -0.25) is 14.3 Å². The average Bonchev–Trinajstić information content (AvgIpc) is 3.63. The molecule has 0 bridgehead atoms. The predicted molar refractivity (Wildman–Crippen MR) is 156 cm³/mol. The van der Waals surface area contributed by atoms with Crippen LogP contribution in [0.4, 0.5) is 32.0 Å². The summed E-state index contributed by atoms with van der Waals surface area (Å²) in [4.78, 5) is 27.5. The highest BCUT2D eigenvalue weighted by Crippen LogP contribution is 2.38. The number of alkyl halides is 6. The largest absolute Gasteiger partial charge is 0.435 e. The Morgan fingerprint density at radius 2 is 1.77 bits per heavy atom. The van der Waals surface area contributed by atoms with E-state index in [0.717, 1.165) is 18.6 Å². The number of rotatable bonds is 11. The van der Waals surface area contributed by atoms with Crippen molar-refractivity contribution < 1.29 is 35.9 Å². The van der Waals surface area contributed by atoms with Crippen molar-refractivity contribution in [2.75, 3.05) is 23.1 Å². The average molecular weight is 645 g/mol. The van der Waals surface area contributed by atoms with E-state index in [9.17, 15) is 35.9 Å². The maximum Gasteiger partial charge on any atom is 0.435 e. The molecule has 1 fully saturated rings. The van der Waals surface area contributed by atoms with Crippen molar-refractivity contribution in [3.63, 3.8) is 0 Å². The van der Waals surface area contributed by atoms with Gasteiger partial charge in [-0.05, 0) is 68.2 Å². The van der Waals surface area contributed by atoms with Crippen LogP contribution < -0.4 is 10.6 Å². The van der Waals surface area contributed by atoms with Crippen LogP contribution in [0.15, 0.2) is 47.4 Å². The lowest BCUT2D eigenvalue weighted by Crippen LogP contribution is -2.35. The Kier molecular flexibility index (Phi) is 10.1. The molecule has 0 saturated heterocycles. The number of halogens is 6. The second-order valence-electron chi connectivity index (χ2n) is 10.4. The minimum absolute atomic E-state index is 0.0182. The van der Waals surface area contributed by atoms with Crippen molar-refractivity contribution in [2.45, 2.75) is 56.5 Å².